The highest BCUT2D eigenvalue weighted by Crippen LogP contribution is 2.30. The molecule has 0 fully saturated rings. The first-order valence-electron chi connectivity index (χ1n) is 6.38. The molecule has 0 aromatic rings. The third-order valence-corrected chi connectivity index (χ3v) is 2.94. The molecule has 0 rings (SSSR count). The molecule has 0 saturated heterocycles. The summed E-state index contributed by atoms with van der Waals surface area (Å²) in [5.41, 5.74) is -0.348. The monoisotopic (exact) mass is 248 g/mol. The molecule has 0 aliphatic carbocycles. The topological polar surface area (TPSA) is 58.9 Å². The molecule has 104 valence electrons. The van der Waals surface area contributed by atoms with Crippen molar-refractivity contribution in [3.8, 4) is 0 Å². The van der Waals surface area contributed by atoms with E-state index >= 15 is 0 Å². The molecule has 0 heterocycles. The van der Waals surface area contributed by atoms with Gasteiger partial charge >= 0.3 is 0 Å². The summed E-state index contributed by atoms with van der Waals surface area (Å²) in [6.45, 7) is 6.16. The van der Waals surface area contributed by atoms with Gasteiger partial charge in [-0.3, -0.25) is 0 Å². The van der Waals surface area contributed by atoms with E-state index in [0.717, 1.165) is 19.3 Å². The van der Waals surface area contributed by atoms with Crippen molar-refractivity contribution < 1.29 is 19.7 Å². The number of aliphatic hydroxyl groups is 2. The highest BCUT2D eigenvalue weighted by Gasteiger charge is 2.29. The number of methoxy groups -OCH3 is 1. The molecule has 2 N–H and O–H groups in total. The average molecular weight is 248 g/mol. The SMILES string of the molecule is COCCOCCCC(CO)(CO)CC(C)C. The number of aliphatic hydroxyl groups excluding tert-OH is 2. The first-order valence-corrected chi connectivity index (χ1v) is 6.38. The molecule has 0 spiro atoms. The van der Waals surface area contributed by atoms with Crippen LogP contribution in [0.15, 0.2) is 0 Å². The van der Waals surface area contributed by atoms with Crippen LogP contribution in [0, 0.1) is 11.3 Å². The van der Waals surface area contributed by atoms with Gasteiger partial charge in [-0.25, -0.2) is 0 Å². The predicted molar refractivity (Wildman–Crippen MR) is 68.0 cm³/mol. The van der Waals surface area contributed by atoms with E-state index in [-0.39, 0.29) is 18.6 Å². The van der Waals surface area contributed by atoms with Gasteiger partial charge < -0.3 is 19.7 Å². The van der Waals surface area contributed by atoms with Gasteiger partial charge in [-0.05, 0) is 25.2 Å². The van der Waals surface area contributed by atoms with Crippen molar-refractivity contribution in [1.29, 1.82) is 0 Å². The van der Waals surface area contributed by atoms with Gasteiger partial charge in [0.1, 0.15) is 0 Å². The van der Waals surface area contributed by atoms with Gasteiger partial charge in [0.2, 0.25) is 0 Å². The first-order chi connectivity index (χ1) is 8.10. The maximum Gasteiger partial charge on any atom is 0.0700 e. The minimum absolute atomic E-state index is 0.0414. The largest absolute Gasteiger partial charge is 0.396 e. The van der Waals surface area contributed by atoms with E-state index in [9.17, 15) is 10.2 Å². The molecule has 0 atom stereocenters. The van der Waals surface area contributed by atoms with Crippen LogP contribution in [0.1, 0.15) is 33.1 Å². The van der Waals surface area contributed by atoms with Crippen LogP contribution in [0.5, 0.6) is 0 Å². The molecule has 0 saturated carbocycles. The van der Waals surface area contributed by atoms with Crippen LogP contribution >= 0.6 is 0 Å². The highest BCUT2D eigenvalue weighted by molar-refractivity contribution is 4.79. The zero-order chi connectivity index (χ0) is 13.1. The third-order valence-electron chi connectivity index (χ3n) is 2.94. The lowest BCUT2D eigenvalue weighted by atomic mass is 9.78. The van der Waals surface area contributed by atoms with Crippen LogP contribution in [0.2, 0.25) is 0 Å². The summed E-state index contributed by atoms with van der Waals surface area (Å²) < 4.78 is 10.3. The summed E-state index contributed by atoms with van der Waals surface area (Å²) in [7, 11) is 1.65. The lowest BCUT2D eigenvalue weighted by Gasteiger charge is -2.31. The Bertz CT molecular complexity index is 167. The van der Waals surface area contributed by atoms with Gasteiger partial charge in [0.05, 0.1) is 26.4 Å². The van der Waals surface area contributed by atoms with E-state index in [0.29, 0.717) is 25.7 Å². The number of ether oxygens (including phenoxy) is 2. The highest BCUT2D eigenvalue weighted by atomic mass is 16.5. The number of hydrogen-bond acceptors (Lipinski definition) is 4. The van der Waals surface area contributed by atoms with E-state index in [2.05, 4.69) is 13.8 Å². The summed E-state index contributed by atoms with van der Waals surface area (Å²) in [5, 5.41) is 18.9. The molecule has 4 heteroatoms. The summed E-state index contributed by atoms with van der Waals surface area (Å²) >= 11 is 0. The van der Waals surface area contributed by atoms with Crippen LogP contribution < -0.4 is 0 Å². The second-order valence-corrected chi connectivity index (χ2v) is 5.12. The summed E-state index contributed by atoms with van der Waals surface area (Å²) in [6, 6.07) is 0. The molecule has 0 aromatic heterocycles. The van der Waals surface area contributed by atoms with E-state index < -0.39 is 0 Å². The smallest absolute Gasteiger partial charge is 0.0700 e. The van der Waals surface area contributed by atoms with Gasteiger partial charge in [-0.1, -0.05) is 13.8 Å². The molecule has 0 aromatic carbocycles. The van der Waals surface area contributed by atoms with Crippen molar-refractivity contribution in [2.75, 3.05) is 40.1 Å². The summed E-state index contributed by atoms with van der Waals surface area (Å²) in [5.74, 6) is 0.476. The Labute approximate surface area is 105 Å². The van der Waals surface area contributed by atoms with Crippen LogP contribution in [-0.2, 0) is 9.47 Å². The van der Waals surface area contributed by atoms with Gasteiger partial charge in [0.15, 0.2) is 0 Å². The Morgan fingerprint density at radius 3 is 2.18 bits per heavy atom. The Balaban J connectivity index is 3.84. The lowest BCUT2D eigenvalue weighted by molar-refractivity contribution is 0.0151. The second kappa shape index (κ2) is 9.83. The van der Waals surface area contributed by atoms with Crippen molar-refractivity contribution in [3.05, 3.63) is 0 Å². The number of hydrogen-bond donors (Lipinski definition) is 2. The maximum absolute atomic E-state index is 9.45. The van der Waals surface area contributed by atoms with E-state index in [1.165, 1.54) is 0 Å². The van der Waals surface area contributed by atoms with Crippen molar-refractivity contribution >= 4 is 0 Å². The van der Waals surface area contributed by atoms with Crippen LogP contribution in [0.25, 0.3) is 0 Å². The standard InChI is InChI=1S/C13H28O4/c1-12(2)9-13(10-14,11-15)5-4-6-17-8-7-16-3/h12,14-15H,4-11H2,1-3H3. The Kier molecular flexibility index (Phi) is 9.74. The quantitative estimate of drug-likeness (QED) is 0.543. The third kappa shape index (κ3) is 7.71. The van der Waals surface area contributed by atoms with Gasteiger partial charge in [-0.2, -0.15) is 0 Å². The van der Waals surface area contributed by atoms with Gasteiger partial charge in [-0.15, -0.1) is 0 Å². The molecule has 0 unspecified atom stereocenters. The van der Waals surface area contributed by atoms with Crippen molar-refractivity contribution in [1.82, 2.24) is 0 Å². The fraction of sp³-hybridized carbons (Fsp3) is 1.00. The van der Waals surface area contributed by atoms with Crippen LogP contribution in [0.3, 0.4) is 0 Å². The fourth-order valence-corrected chi connectivity index (χ4v) is 2.10. The average Bonchev–Trinajstić information content (AvgIpc) is 2.31. The Morgan fingerprint density at radius 1 is 1.06 bits per heavy atom. The van der Waals surface area contributed by atoms with Gasteiger partial charge in [0, 0.05) is 19.1 Å². The van der Waals surface area contributed by atoms with E-state index in [1.54, 1.807) is 7.11 Å². The van der Waals surface area contributed by atoms with Crippen LogP contribution in [-0.4, -0.2) is 50.4 Å². The zero-order valence-electron chi connectivity index (χ0n) is 11.4. The predicted octanol–water partition coefficient (Wildman–Crippen LogP) is 1.45. The molecule has 0 radical (unpaired) electrons. The Morgan fingerprint density at radius 2 is 1.71 bits per heavy atom. The van der Waals surface area contributed by atoms with Crippen molar-refractivity contribution in [2.45, 2.75) is 33.1 Å². The summed E-state index contributed by atoms with van der Waals surface area (Å²) in [4.78, 5) is 0. The van der Waals surface area contributed by atoms with E-state index in [1.807, 2.05) is 0 Å². The van der Waals surface area contributed by atoms with E-state index in [4.69, 9.17) is 9.47 Å². The van der Waals surface area contributed by atoms with Crippen molar-refractivity contribution in [2.24, 2.45) is 11.3 Å². The lowest BCUT2D eigenvalue weighted by Crippen LogP contribution is -2.32. The molecule has 0 aliphatic rings. The molecule has 0 amide bonds. The Hall–Kier alpha value is -0.160. The molecule has 4 nitrogen and oxygen atoms in total. The molecular formula is C13H28O4. The zero-order valence-corrected chi connectivity index (χ0v) is 11.4. The number of rotatable bonds is 11. The molecule has 17 heavy (non-hydrogen) atoms. The minimum Gasteiger partial charge on any atom is -0.396 e. The van der Waals surface area contributed by atoms with Gasteiger partial charge in [0.25, 0.3) is 0 Å². The maximum atomic E-state index is 9.45. The fourth-order valence-electron chi connectivity index (χ4n) is 2.10. The minimum atomic E-state index is -0.348. The summed E-state index contributed by atoms with van der Waals surface area (Å²) in [6.07, 6.45) is 2.50. The first kappa shape index (κ1) is 16.8. The molecular weight excluding hydrogens is 220 g/mol. The van der Waals surface area contributed by atoms with Crippen LogP contribution in [0.4, 0.5) is 0 Å². The molecule has 0 bridgehead atoms. The molecule has 0 aliphatic heterocycles. The van der Waals surface area contributed by atoms with Crippen molar-refractivity contribution in [3.63, 3.8) is 0 Å². The normalized spacial score (nSPS) is 12.4. The second-order valence-electron chi connectivity index (χ2n) is 5.12.